The molecule has 0 atom stereocenters. The van der Waals surface area contributed by atoms with Gasteiger partial charge < -0.3 is 15.5 Å². The molecule has 0 saturated carbocycles. The summed E-state index contributed by atoms with van der Waals surface area (Å²) in [6.07, 6.45) is 0.875. The standard InChI is InChI=1S/C25H25N3O2/c1-18-10-12-19(13-11-18)16-27-25(30)21-7-3-4-8-22(21)26-17-24(29)28-15-14-20-6-2-5-9-23(20)28/h2-13,26H,14-17H2,1H3,(H,27,30). The van der Waals surface area contributed by atoms with Crippen LogP contribution in [0.15, 0.2) is 72.8 Å². The van der Waals surface area contributed by atoms with Gasteiger partial charge in [-0.1, -0.05) is 60.2 Å². The van der Waals surface area contributed by atoms with E-state index in [0.717, 1.165) is 17.7 Å². The van der Waals surface area contributed by atoms with Gasteiger partial charge in [0, 0.05) is 24.5 Å². The summed E-state index contributed by atoms with van der Waals surface area (Å²) in [5, 5.41) is 6.11. The number of amides is 2. The first kappa shape index (κ1) is 19.7. The number of hydrogen-bond donors (Lipinski definition) is 2. The fourth-order valence-corrected chi connectivity index (χ4v) is 3.68. The summed E-state index contributed by atoms with van der Waals surface area (Å²) in [6, 6.07) is 23.3. The number of hydrogen-bond acceptors (Lipinski definition) is 3. The second-order valence-corrected chi connectivity index (χ2v) is 7.49. The van der Waals surface area contributed by atoms with E-state index in [0.29, 0.717) is 24.3 Å². The lowest BCUT2D eigenvalue weighted by Gasteiger charge is -2.19. The third kappa shape index (κ3) is 4.35. The molecule has 3 aromatic rings. The summed E-state index contributed by atoms with van der Waals surface area (Å²) >= 11 is 0. The highest BCUT2D eigenvalue weighted by atomic mass is 16.2. The molecule has 0 aromatic heterocycles. The first-order chi connectivity index (χ1) is 14.6. The Morgan fingerprint density at radius 1 is 0.933 bits per heavy atom. The maximum absolute atomic E-state index is 12.8. The molecule has 0 radical (unpaired) electrons. The highest BCUT2D eigenvalue weighted by Crippen LogP contribution is 2.27. The van der Waals surface area contributed by atoms with Crippen LogP contribution in [0.2, 0.25) is 0 Å². The minimum Gasteiger partial charge on any atom is -0.375 e. The van der Waals surface area contributed by atoms with Crippen molar-refractivity contribution < 1.29 is 9.59 Å². The molecule has 4 rings (SSSR count). The van der Waals surface area contributed by atoms with E-state index in [-0.39, 0.29) is 18.4 Å². The van der Waals surface area contributed by atoms with Crippen molar-refractivity contribution in [2.75, 3.05) is 23.3 Å². The number of aryl methyl sites for hydroxylation is 1. The Balaban J connectivity index is 1.39. The maximum Gasteiger partial charge on any atom is 0.253 e. The minimum absolute atomic E-state index is 0.00480. The van der Waals surface area contributed by atoms with Crippen molar-refractivity contribution in [3.63, 3.8) is 0 Å². The molecule has 1 aliphatic heterocycles. The number of benzene rings is 3. The maximum atomic E-state index is 12.8. The quantitative estimate of drug-likeness (QED) is 0.660. The van der Waals surface area contributed by atoms with E-state index in [1.807, 2.05) is 72.5 Å². The normalized spacial score (nSPS) is 12.4. The van der Waals surface area contributed by atoms with Gasteiger partial charge >= 0.3 is 0 Å². The SMILES string of the molecule is Cc1ccc(CNC(=O)c2ccccc2NCC(=O)N2CCc3ccccc32)cc1. The van der Waals surface area contributed by atoms with Crippen molar-refractivity contribution >= 4 is 23.2 Å². The molecular formula is C25H25N3O2. The van der Waals surface area contributed by atoms with Crippen LogP contribution in [0.25, 0.3) is 0 Å². The largest absolute Gasteiger partial charge is 0.375 e. The Bertz CT molecular complexity index is 1060. The van der Waals surface area contributed by atoms with Crippen molar-refractivity contribution in [2.24, 2.45) is 0 Å². The first-order valence-electron chi connectivity index (χ1n) is 10.2. The molecule has 30 heavy (non-hydrogen) atoms. The van der Waals surface area contributed by atoms with Crippen molar-refractivity contribution in [1.82, 2.24) is 5.32 Å². The molecule has 3 aromatic carbocycles. The Hall–Kier alpha value is -3.60. The molecule has 0 saturated heterocycles. The van der Waals surface area contributed by atoms with Crippen LogP contribution in [0.5, 0.6) is 0 Å². The number of para-hydroxylation sites is 2. The zero-order valence-corrected chi connectivity index (χ0v) is 17.0. The fourth-order valence-electron chi connectivity index (χ4n) is 3.68. The number of carbonyl (C=O) groups is 2. The number of anilines is 2. The summed E-state index contributed by atoms with van der Waals surface area (Å²) in [7, 11) is 0. The zero-order chi connectivity index (χ0) is 20.9. The summed E-state index contributed by atoms with van der Waals surface area (Å²) in [6.45, 7) is 3.32. The van der Waals surface area contributed by atoms with Gasteiger partial charge in [0.25, 0.3) is 5.91 Å². The van der Waals surface area contributed by atoms with Crippen LogP contribution in [0, 0.1) is 6.92 Å². The minimum atomic E-state index is -0.169. The van der Waals surface area contributed by atoms with E-state index in [4.69, 9.17) is 0 Å². The molecule has 0 bridgehead atoms. The molecule has 2 amide bonds. The number of nitrogens with one attached hydrogen (secondary N) is 2. The van der Waals surface area contributed by atoms with E-state index >= 15 is 0 Å². The Morgan fingerprint density at radius 2 is 1.67 bits per heavy atom. The molecule has 152 valence electrons. The van der Waals surface area contributed by atoms with Gasteiger partial charge in [0.15, 0.2) is 0 Å². The smallest absolute Gasteiger partial charge is 0.253 e. The summed E-state index contributed by atoms with van der Waals surface area (Å²) in [5.41, 5.74) is 5.58. The predicted molar refractivity (Wildman–Crippen MR) is 120 cm³/mol. The number of rotatable bonds is 6. The molecule has 0 unspecified atom stereocenters. The van der Waals surface area contributed by atoms with Crippen molar-refractivity contribution in [1.29, 1.82) is 0 Å². The van der Waals surface area contributed by atoms with Crippen molar-refractivity contribution in [3.8, 4) is 0 Å². The second-order valence-electron chi connectivity index (χ2n) is 7.49. The van der Waals surface area contributed by atoms with Crippen LogP contribution in [-0.4, -0.2) is 24.9 Å². The van der Waals surface area contributed by atoms with Crippen molar-refractivity contribution in [2.45, 2.75) is 19.9 Å². The van der Waals surface area contributed by atoms with Crippen LogP contribution in [0.4, 0.5) is 11.4 Å². The van der Waals surface area contributed by atoms with Gasteiger partial charge in [-0.3, -0.25) is 9.59 Å². The van der Waals surface area contributed by atoms with Crippen LogP contribution >= 0.6 is 0 Å². The average Bonchev–Trinajstić information content (AvgIpc) is 3.21. The van der Waals surface area contributed by atoms with Gasteiger partial charge in [0.1, 0.15) is 0 Å². The lowest BCUT2D eigenvalue weighted by atomic mass is 10.1. The van der Waals surface area contributed by atoms with Gasteiger partial charge in [0.05, 0.1) is 12.1 Å². The van der Waals surface area contributed by atoms with Crippen LogP contribution in [0.3, 0.4) is 0 Å². The molecule has 5 nitrogen and oxygen atoms in total. The van der Waals surface area contributed by atoms with Crippen LogP contribution in [0.1, 0.15) is 27.0 Å². The Kier molecular flexibility index (Phi) is 5.80. The van der Waals surface area contributed by atoms with E-state index in [9.17, 15) is 9.59 Å². The lowest BCUT2D eigenvalue weighted by molar-refractivity contribution is -0.116. The highest BCUT2D eigenvalue weighted by molar-refractivity contribution is 6.01. The molecule has 0 aliphatic carbocycles. The van der Waals surface area contributed by atoms with Crippen molar-refractivity contribution in [3.05, 3.63) is 95.1 Å². The Morgan fingerprint density at radius 3 is 2.50 bits per heavy atom. The topological polar surface area (TPSA) is 61.4 Å². The van der Waals surface area contributed by atoms with E-state index in [2.05, 4.69) is 16.7 Å². The van der Waals surface area contributed by atoms with Gasteiger partial charge in [-0.25, -0.2) is 0 Å². The van der Waals surface area contributed by atoms with Gasteiger partial charge in [0.2, 0.25) is 5.91 Å². The first-order valence-corrected chi connectivity index (χ1v) is 10.2. The van der Waals surface area contributed by atoms with Gasteiger partial charge in [-0.15, -0.1) is 0 Å². The molecule has 0 spiro atoms. The third-order valence-electron chi connectivity index (χ3n) is 5.36. The summed E-state index contributed by atoms with van der Waals surface area (Å²) < 4.78 is 0. The third-order valence-corrected chi connectivity index (χ3v) is 5.36. The van der Waals surface area contributed by atoms with Crippen LogP contribution < -0.4 is 15.5 Å². The molecule has 1 heterocycles. The van der Waals surface area contributed by atoms with E-state index in [1.54, 1.807) is 6.07 Å². The van der Waals surface area contributed by atoms with Crippen LogP contribution in [-0.2, 0) is 17.8 Å². The summed E-state index contributed by atoms with van der Waals surface area (Å²) in [5.74, 6) is -0.174. The molecular weight excluding hydrogens is 374 g/mol. The number of fused-ring (bicyclic) bond motifs is 1. The average molecular weight is 399 g/mol. The van der Waals surface area contributed by atoms with E-state index < -0.39 is 0 Å². The predicted octanol–water partition coefficient (Wildman–Crippen LogP) is 3.93. The number of nitrogens with zero attached hydrogens (tertiary/aromatic N) is 1. The summed E-state index contributed by atoms with van der Waals surface area (Å²) in [4.78, 5) is 27.3. The second kappa shape index (κ2) is 8.82. The van der Waals surface area contributed by atoms with Gasteiger partial charge in [-0.05, 0) is 42.7 Å². The molecule has 5 heteroatoms. The van der Waals surface area contributed by atoms with E-state index in [1.165, 1.54) is 11.1 Å². The lowest BCUT2D eigenvalue weighted by Crippen LogP contribution is -2.34. The fraction of sp³-hybridized carbons (Fsp3) is 0.200. The molecule has 2 N–H and O–H groups in total. The zero-order valence-electron chi connectivity index (χ0n) is 17.0. The monoisotopic (exact) mass is 399 g/mol. The number of carbonyl (C=O) groups excluding carboxylic acids is 2. The highest BCUT2D eigenvalue weighted by Gasteiger charge is 2.24. The molecule has 1 aliphatic rings. The Labute approximate surface area is 176 Å². The molecule has 0 fully saturated rings. The van der Waals surface area contributed by atoms with Gasteiger partial charge in [-0.2, -0.15) is 0 Å².